The minimum atomic E-state index is -2.26. The minimum absolute atomic E-state index is 0.890. The number of nitrogen functional groups attached to an aromatic ring is 1. The third-order valence-electron chi connectivity index (χ3n) is 6.05. The Bertz CT molecular complexity index is 1160. The van der Waals surface area contributed by atoms with Gasteiger partial charge in [-0.1, -0.05) is 84.9 Å². The van der Waals surface area contributed by atoms with Gasteiger partial charge in [-0.15, -0.1) is 0 Å². The van der Waals surface area contributed by atoms with Crippen molar-refractivity contribution in [2.24, 2.45) is 0 Å². The predicted octanol–water partition coefficient (Wildman–Crippen LogP) is 2.61. The first kappa shape index (κ1) is 14.1. The molecule has 0 aromatic heterocycles. The smallest absolute Gasteiger partial charge is 0.182 e. The van der Waals surface area contributed by atoms with Crippen molar-refractivity contribution in [2.75, 3.05) is 5.73 Å². The summed E-state index contributed by atoms with van der Waals surface area (Å²) in [7, 11) is -2.26. The first-order valence-electron chi connectivity index (χ1n) is 9.01. The van der Waals surface area contributed by atoms with E-state index in [1.165, 1.54) is 43.0 Å². The van der Waals surface area contributed by atoms with Gasteiger partial charge in [-0.2, -0.15) is 0 Å². The fourth-order valence-electron chi connectivity index (χ4n) is 5.17. The summed E-state index contributed by atoms with van der Waals surface area (Å²) in [6.07, 6.45) is 0. The van der Waals surface area contributed by atoms with Gasteiger partial charge in [-0.3, -0.25) is 0 Å². The van der Waals surface area contributed by atoms with Gasteiger partial charge in [0.1, 0.15) is 0 Å². The van der Waals surface area contributed by atoms with E-state index in [2.05, 4.69) is 84.9 Å². The molecule has 2 heterocycles. The van der Waals surface area contributed by atoms with E-state index in [1.54, 1.807) is 0 Å². The van der Waals surface area contributed by atoms with Crippen LogP contribution < -0.4 is 26.5 Å². The molecule has 6 rings (SSSR count). The van der Waals surface area contributed by atoms with Crippen LogP contribution in [0.3, 0.4) is 0 Å². The maximum absolute atomic E-state index is 6.50. The molecule has 122 valence electrons. The Kier molecular flexibility index (Phi) is 2.57. The third-order valence-corrected chi connectivity index (χ3v) is 11.0. The van der Waals surface area contributed by atoms with Gasteiger partial charge >= 0.3 is 0 Å². The molecule has 0 fully saturated rings. The van der Waals surface area contributed by atoms with Crippen molar-refractivity contribution in [3.05, 3.63) is 91.0 Å². The number of anilines is 1. The van der Waals surface area contributed by atoms with Crippen LogP contribution in [0.2, 0.25) is 0 Å². The van der Waals surface area contributed by atoms with Crippen molar-refractivity contribution < 1.29 is 0 Å². The summed E-state index contributed by atoms with van der Waals surface area (Å²) in [5.74, 6) is 0. The van der Waals surface area contributed by atoms with Crippen molar-refractivity contribution in [3.8, 4) is 22.3 Å². The van der Waals surface area contributed by atoms with E-state index in [4.69, 9.17) is 5.73 Å². The summed E-state index contributed by atoms with van der Waals surface area (Å²) >= 11 is 0. The van der Waals surface area contributed by atoms with Gasteiger partial charge in [-0.05, 0) is 43.5 Å². The molecule has 0 aliphatic carbocycles. The Balaban J connectivity index is 1.89. The van der Waals surface area contributed by atoms with Crippen LogP contribution in [0.15, 0.2) is 91.0 Å². The zero-order valence-corrected chi connectivity index (χ0v) is 15.2. The van der Waals surface area contributed by atoms with E-state index in [9.17, 15) is 0 Å². The van der Waals surface area contributed by atoms with Crippen LogP contribution in [0.25, 0.3) is 22.3 Å². The van der Waals surface area contributed by atoms with E-state index in [0.29, 0.717) is 0 Å². The Morgan fingerprint density at radius 1 is 0.462 bits per heavy atom. The topological polar surface area (TPSA) is 26.0 Å². The van der Waals surface area contributed by atoms with E-state index in [-0.39, 0.29) is 0 Å². The Labute approximate surface area is 153 Å². The average molecular weight is 347 g/mol. The quantitative estimate of drug-likeness (QED) is 0.332. The molecule has 0 unspecified atom stereocenters. The Hall–Kier alpha value is -3.10. The van der Waals surface area contributed by atoms with E-state index in [0.717, 1.165) is 5.69 Å². The van der Waals surface area contributed by atoms with E-state index in [1.807, 2.05) is 6.07 Å². The SMILES string of the molecule is Nc1cccc2c1-c1ccccc1[Si]21c2ccccc2-c2ccccc21. The van der Waals surface area contributed by atoms with Gasteiger partial charge in [0.15, 0.2) is 8.07 Å². The molecule has 2 aliphatic heterocycles. The van der Waals surface area contributed by atoms with Crippen LogP contribution in [0.1, 0.15) is 0 Å². The lowest BCUT2D eigenvalue weighted by Crippen LogP contribution is -2.70. The van der Waals surface area contributed by atoms with E-state index >= 15 is 0 Å². The van der Waals surface area contributed by atoms with Crippen molar-refractivity contribution in [2.45, 2.75) is 0 Å². The highest BCUT2D eigenvalue weighted by atomic mass is 28.3. The van der Waals surface area contributed by atoms with Crippen molar-refractivity contribution in [1.29, 1.82) is 0 Å². The molecule has 26 heavy (non-hydrogen) atoms. The summed E-state index contributed by atoms with van der Waals surface area (Å²) in [4.78, 5) is 0. The third kappa shape index (κ3) is 1.44. The first-order valence-corrected chi connectivity index (χ1v) is 11.0. The lowest BCUT2D eigenvalue weighted by molar-refractivity contribution is 1.69. The van der Waals surface area contributed by atoms with Crippen molar-refractivity contribution in [1.82, 2.24) is 0 Å². The molecule has 2 heteroatoms. The molecule has 4 aromatic carbocycles. The highest BCUT2D eigenvalue weighted by Crippen LogP contribution is 2.37. The van der Waals surface area contributed by atoms with E-state index < -0.39 is 8.07 Å². The van der Waals surface area contributed by atoms with Crippen LogP contribution in [0.5, 0.6) is 0 Å². The van der Waals surface area contributed by atoms with Gasteiger partial charge in [0, 0.05) is 11.3 Å². The first-order chi connectivity index (χ1) is 12.8. The van der Waals surface area contributed by atoms with Gasteiger partial charge in [-0.25, -0.2) is 0 Å². The normalized spacial score (nSPS) is 14.6. The Morgan fingerprint density at radius 3 is 1.54 bits per heavy atom. The molecular formula is C24H17NSi. The molecule has 4 aromatic rings. The van der Waals surface area contributed by atoms with Crippen molar-refractivity contribution in [3.63, 3.8) is 0 Å². The molecule has 1 nitrogen and oxygen atoms in total. The molecular weight excluding hydrogens is 330 g/mol. The fourth-order valence-corrected chi connectivity index (χ4v) is 10.8. The van der Waals surface area contributed by atoms with Crippen molar-refractivity contribution >= 4 is 34.5 Å². The molecule has 0 bridgehead atoms. The molecule has 1 spiro atoms. The minimum Gasteiger partial charge on any atom is -0.398 e. The zero-order chi connectivity index (χ0) is 17.3. The molecule has 0 radical (unpaired) electrons. The lowest BCUT2D eigenvalue weighted by Gasteiger charge is -2.27. The predicted molar refractivity (Wildman–Crippen MR) is 112 cm³/mol. The molecule has 2 N–H and O–H groups in total. The zero-order valence-electron chi connectivity index (χ0n) is 14.2. The van der Waals surface area contributed by atoms with Crippen LogP contribution in [0, 0.1) is 0 Å². The van der Waals surface area contributed by atoms with Gasteiger partial charge in [0.05, 0.1) is 0 Å². The second-order valence-corrected chi connectivity index (χ2v) is 10.8. The molecule has 0 saturated carbocycles. The summed E-state index contributed by atoms with van der Waals surface area (Å²) in [6, 6.07) is 33.3. The summed E-state index contributed by atoms with van der Waals surface area (Å²) in [6.45, 7) is 0. The molecule has 2 aliphatic rings. The number of rotatable bonds is 0. The summed E-state index contributed by atoms with van der Waals surface area (Å²) in [5.41, 5.74) is 12.7. The molecule has 0 saturated heterocycles. The maximum atomic E-state index is 6.50. The second kappa shape index (κ2) is 4.74. The van der Waals surface area contributed by atoms with Crippen LogP contribution >= 0.6 is 0 Å². The monoisotopic (exact) mass is 347 g/mol. The maximum Gasteiger partial charge on any atom is 0.182 e. The number of nitrogens with two attached hydrogens (primary N) is 1. The highest BCUT2D eigenvalue weighted by molar-refractivity contribution is 7.24. The summed E-state index contributed by atoms with van der Waals surface area (Å²) in [5, 5.41) is 5.91. The van der Waals surface area contributed by atoms with Crippen LogP contribution in [-0.2, 0) is 0 Å². The standard InChI is InChI=1S/C24H17NSi/c25-19-11-7-15-23-24(19)18-10-3-6-14-22(18)26(23)20-12-4-1-8-16(20)17-9-2-5-13-21(17)26/h1-15H,25H2. The number of benzene rings is 4. The number of fused-ring (bicyclic) bond motifs is 10. The number of hydrogen-bond donors (Lipinski definition) is 1. The highest BCUT2D eigenvalue weighted by Gasteiger charge is 2.53. The lowest BCUT2D eigenvalue weighted by atomic mass is 10.0. The average Bonchev–Trinajstić information content (AvgIpc) is 3.16. The van der Waals surface area contributed by atoms with Gasteiger partial charge in [0.2, 0.25) is 0 Å². The second-order valence-electron chi connectivity index (χ2n) is 7.16. The fraction of sp³-hybridized carbons (Fsp3) is 0. The van der Waals surface area contributed by atoms with Crippen LogP contribution in [0.4, 0.5) is 5.69 Å². The largest absolute Gasteiger partial charge is 0.398 e. The number of hydrogen-bond acceptors (Lipinski definition) is 1. The Morgan fingerprint density at radius 2 is 0.923 bits per heavy atom. The van der Waals surface area contributed by atoms with Gasteiger partial charge < -0.3 is 5.73 Å². The molecule has 0 atom stereocenters. The van der Waals surface area contributed by atoms with Crippen LogP contribution in [-0.4, -0.2) is 8.07 Å². The summed E-state index contributed by atoms with van der Waals surface area (Å²) < 4.78 is 0. The van der Waals surface area contributed by atoms with Gasteiger partial charge in [0.25, 0.3) is 0 Å². The molecule has 0 amide bonds.